The van der Waals surface area contributed by atoms with Gasteiger partial charge < -0.3 is 0 Å². The van der Waals surface area contributed by atoms with Crippen molar-refractivity contribution in [3.05, 3.63) is 58.6 Å². The highest BCUT2D eigenvalue weighted by atomic mass is 35.5. The number of carbonyl (C=O) groups is 1. The number of hydrogen-bond acceptors (Lipinski definition) is 7. The van der Waals surface area contributed by atoms with Gasteiger partial charge in [0, 0.05) is 5.02 Å². The number of amides is 1. The van der Waals surface area contributed by atoms with E-state index in [-0.39, 0.29) is 4.90 Å². The normalized spacial score (nSPS) is 11.3. The van der Waals surface area contributed by atoms with Crippen molar-refractivity contribution in [2.24, 2.45) is 0 Å². The molecule has 0 spiro atoms. The zero-order valence-corrected chi connectivity index (χ0v) is 19.6. The van der Waals surface area contributed by atoms with Crippen LogP contribution in [0.15, 0.2) is 51.7 Å². The Morgan fingerprint density at radius 2 is 1.87 bits per heavy atom. The van der Waals surface area contributed by atoms with Crippen LogP contribution in [0.4, 0.5) is 10.8 Å². The van der Waals surface area contributed by atoms with Crippen LogP contribution < -0.4 is 9.62 Å². The molecule has 0 unspecified atom stereocenters. The highest BCUT2D eigenvalue weighted by Gasteiger charge is 2.28. The third-order valence-electron chi connectivity index (χ3n) is 4.15. The number of aromatic nitrogens is 2. The fourth-order valence-corrected chi connectivity index (χ4v) is 5.57. The lowest BCUT2D eigenvalue weighted by molar-refractivity contribution is -0.114. The average Bonchev–Trinajstić information content (AvgIpc) is 3.14. The molecule has 0 radical (unpaired) electrons. The van der Waals surface area contributed by atoms with Crippen molar-refractivity contribution < 1.29 is 13.2 Å². The lowest BCUT2D eigenvalue weighted by atomic mass is 10.2. The third-order valence-corrected chi connectivity index (χ3v) is 7.97. The van der Waals surface area contributed by atoms with Gasteiger partial charge in [0.1, 0.15) is 6.54 Å². The van der Waals surface area contributed by atoms with Gasteiger partial charge in [0.25, 0.3) is 10.0 Å². The molecule has 0 saturated carbocycles. The van der Waals surface area contributed by atoms with Gasteiger partial charge in [-0.25, -0.2) is 8.42 Å². The summed E-state index contributed by atoms with van der Waals surface area (Å²) in [7, 11) is -4.00. The number of hydrogen-bond donors (Lipinski definition) is 1. The molecule has 0 atom stereocenters. The highest BCUT2D eigenvalue weighted by molar-refractivity contribution is 8.00. The molecule has 1 N–H and O–H groups in total. The van der Waals surface area contributed by atoms with Gasteiger partial charge >= 0.3 is 0 Å². The molecule has 158 valence electrons. The quantitative estimate of drug-likeness (QED) is 0.397. The smallest absolute Gasteiger partial charge is 0.264 e. The van der Waals surface area contributed by atoms with Crippen LogP contribution >= 0.6 is 34.7 Å². The van der Waals surface area contributed by atoms with E-state index in [1.807, 2.05) is 13.2 Å². The topological polar surface area (TPSA) is 92.3 Å². The first-order chi connectivity index (χ1) is 14.2. The van der Waals surface area contributed by atoms with Crippen LogP contribution in [0.2, 0.25) is 5.02 Å². The maximum absolute atomic E-state index is 13.4. The number of nitrogens with zero attached hydrogens (tertiary/aromatic N) is 3. The molecule has 0 saturated heterocycles. The number of carbonyl (C=O) groups excluding carboxylic acids is 1. The second-order valence-electron chi connectivity index (χ2n) is 6.38. The van der Waals surface area contributed by atoms with Crippen LogP contribution in [0, 0.1) is 13.8 Å². The molecule has 3 aromatic rings. The first-order valence-electron chi connectivity index (χ1n) is 8.73. The number of nitrogens with one attached hydrogen (secondary N) is 1. The van der Waals surface area contributed by atoms with E-state index in [1.54, 1.807) is 37.3 Å². The fraction of sp³-hybridized carbons (Fsp3) is 0.211. The molecule has 0 aliphatic heterocycles. The van der Waals surface area contributed by atoms with E-state index in [0.717, 1.165) is 9.87 Å². The predicted molar refractivity (Wildman–Crippen MR) is 122 cm³/mol. The van der Waals surface area contributed by atoms with Crippen molar-refractivity contribution in [1.29, 1.82) is 0 Å². The summed E-state index contributed by atoms with van der Waals surface area (Å²) in [6.45, 7) is 3.19. The zero-order valence-electron chi connectivity index (χ0n) is 16.4. The van der Waals surface area contributed by atoms with Gasteiger partial charge in [0.2, 0.25) is 11.0 Å². The third kappa shape index (κ3) is 5.12. The molecule has 30 heavy (non-hydrogen) atoms. The van der Waals surface area contributed by atoms with E-state index in [0.29, 0.717) is 25.7 Å². The Morgan fingerprint density at radius 3 is 2.47 bits per heavy atom. The van der Waals surface area contributed by atoms with Gasteiger partial charge in [-0.3, -0.25) is 14.4 Å². The number of thioether (sulfide) groups is 1. The maximum atomic E-state index is 13.4. The van der Waals surface area contributed by atoms with Crippen LogP contribution in [-0.2, 0) is 14.8 Å². The van der Waals surface area contributed by atoms with Crippen LogP contribution in [0.1, 0.15) is 11.1 Å². The summed E-state index contributed by atoms with van der Waals surface area (Å²) in [5, 5.41) is 11.2. The van der Waals surface area contributed by atoms with Gasteiger partial charge in [-0.1, -0.05) is 52.4 Å². The van der Waals surface area contributed by atoms with Crippen molar-refractivity contribution in [3.8, 4) is 0 Å². The first-order valence-corrected chi connectivity index (χ1v) is 12.6. The van der Waals surface area contributed by atoms with Gasteiger partial charge in [0.05, 0.1) is 10.6 Å². The summed E-state index contributed by atoms with van der Waals surface area (Å²) in [5.74, 6) is -0.524. The highest BCUT2D eigenvalue weighted by Crippen LogP contribution is 2.29. The number of rotatable bonds is 7. The monoisotopic (exact) mass is 482 g/mol. The zero-order chi connectivity index (χ0) is 21.9. The molecule has 2 aromatic carbocycles. The van der Waals surface area contributed by atoms with Gasteiger partial charge in [-0.15, -0.1) is 10.2 Å². The van der Waals surface area contributed by atoms with Crippen molar-refractivity contribution in [3.63, 3.8) is 0 Å². The molecule has 0 fully saturated rings. The fourth-order valence-electron chi connectivity index (χ4n) is 2.67. The van der Waals surface area contributed by atoms with E-state index in [2.05, 4.69) is 15.5 Å². The largest absolute Gasteiger partial charge is 0.299 e. The molecular formula is C19H19ClN4O3S3. The Morgan fingerprint density at radius 1 is 1.17 bits per heavy atom. The lowest BCUT2D eigenvalue weighted by Crippen LogP contribution is -2.38. The Hall–Kier alpha value is -2.14. The first kappa shape index (κ1) is 22.5. The molecular weight excluding hydrogens is 464 g/mol. The summed E-state index contributed by atoms with van der Waals surface area (Å²) in [4.78, 5) is 12.8. The Kier molecular flexibility index (Phi) is 7.02. The molecule has 0 bridgehead atoms. The van der Waals surface area contributed by atoms with Crippen LogP contribution in [0.3, 0.4) is 0 Å². The second-order valence-corrected chi connectivity index (χ2v) is 10.7. The molecule has 7 nitrogen and oxygen atoms in total. The average molecular weight is 483 g/mol. The van der Waals surface area contributed by atoms with Crippen molar-refractivity contribution in [2.75, 3.05) is 22.4 Å². The minimum Gasteiger partial charge on any atom is -0.299 e. The summed E-state index contributed by atoms with van der Waals surface area (Å²) in [5.41, 5.74) is 1.94. The summed E-state index contributed by atoms with van der Waals surface area (Å²) in [6, 6.07) is 11.3. The molecule has 3 rings (SSSR count). The molecule has 1 aromatic heterocycles. The van der Waals surface area contributed by atoms with Crippen molar-refractivity contribution in [2.45, 2.75) is 23.1 Å². The minimum absolute atomic E-state index is 0.0934. The van der Waals surface area contributed by atoms with E-state index in [1.165, 1.54) is 35.2 Å². The van der Waals surface area contributed by atoms with Crippen LogP contribution in [0.25, 0.3) is 0 Å². The van der Waals surface area contributed by atoms with E-state index < -0.39 is 22.5 Å². The van der Waals surface area contributed by atoms with Gasteiger partial charge in [-0.2, -0.15) is 0 Å². The summed E-state index contributed by atoms with van der Waals surface area (Å²) >= 11 is 8.66. The molecule has 11 heteroatoms. The van der Waals surface area contributed by atoms with Crippen molar-refractivity contribution in [1.82, 2.24) is 10.2 Å². The number of aryl methyl sites for hydroxylation is 2. The minimum atomic E-state index is -4.00. The number of halogens is 1. The molecule has 0 aliphatic rings. The molecule has 1 heterocycles. The summed E-state index contributed by atoms with van der Waals surface area (Å²) in [6.07, 6.45) is 1.85. The second kappa shape index (κ2) is 9.34. The Balaban J connectivity index is 1.96. The molecule has 0 aliphatic carbocycles. The van der Waals surface area contributed by atoms with E-state index >= 15 is 0 Å². The summed E-state index contributed by atoms with van der Waals surface area (Å²) < 4.78 is 28.6. The van der Waals surface area contributed by atoms with Crippen LogP contribution in [0.5, 0.6) is 0 Å². The van der Waals surface area contributed by atoms with Gasteiger partial charge in [-0.05, 0) is 56.0 Å². The SMILES string of the molecule is CSc1nnc(NC(=O)CN(c2ccc(Cl)cc2C)S(=O)(=O)c2ccc(C)cc2)s1. The van der Waals surface area contributed by atoms with E-state index in [4.69, 9.17) is 11.6 Å². The van der Waals surface area contributed by atoms with Crippen molar-refractivity contribution >= 4 is 61.4 Å². The Bertz CT molecular complexity index is 1160. The number of benzene rings is 2. The van der Waals surface area contributed by atoms with Crippen LogP contribution in [-0.4, -0.2) is 37.3 Å². The maximum Gasteiger partial charge on any atom is 0.264 e. The predicted octanol–water partition coefficient (Wildman–Crippen LogP) is 4.36. The lowest BCUT2D eigenvalue weighted by Gasteiger charge is -2.25. The van der Waals surface area contributed by atoms with Gasteiger partial charge in [0.15, 0.2) is 4.34 Å². The molecule has 1 amide bonds. The Labute approximate surface area is 188 Å². The number of anilines is 2. The standard InChI is InChI=1S/C19H19ClN4O3S3/c1-12-4-7-15(8-5-12)30(26,27)24(16-9-6-14(20)10-13(16)2)11-17(25)21-18-22-23-19(28-3)29-18/h4-10H,11H2,1-3H3,(H,21,22,25). The number of sulfonamides is 1. The van der Waals surface area contributed by atoms with E-state index in [9.17, 15) is 13.2 Å².